The van der Waals surface area contributed by atoms with Crippen molar-refractivity contribution in [1.29, 1.82) is 0 Å². The molecule has 4 heterocycles. The number of fused-ring (bicyclic) bond motifs is 4. The number of hydrogen-bond acceptors (Lipinski definition) is 3. The summed E-state index contributed by atoms with van der Waals surface area (Å²) in [6.45, 7) is 2.99. The first-order valence-electron chi connectivity index (χ1n) is 14.2. The van der Waals surface area contributed by atoms with Crippen LogP contribution in [0.15, 0.2) is 84.9 Å². The summed E-state index contributed by atoms with van der Waals surface area (Å²) >= 11 is 0. The van der Waals surface area contributed by atoms with Crippen molar-refractivity contribution in [3.63, 3.8) is 0 Å². The quantitative estimate of drug-likeness (QED) is 0.416. The summed E-state index contributed by atoms with van der Waals surface area (Å²) in [7, 11) is 0. The number of carbonyl (C=O) groups excluding carboxylic acids is 2. The third-order valence-electron chi connectivity index (χ3n) is 8.93. The van der Waals surface area contributed by atoms with Gasteiger partial charge in [-0.05, 0) is 42.0 Å². The maximum Gasteiger partial charge on any atom is 0.246 e. The zero-order valence-corrected chi connectivity index (χ0v) is 22.1. The van der Waals surface area contributed by atoms with Crippen LogP contribution in [0.5, 0.6) is 0 Å². The molecule has 3 aliphatic heterocycles. The van der Waals surface area contributed by atoms with Gasteiger partial charge in [-0.15, -0.1) is 0 Å². The molecule has 7 rings (SSSR count). The van der Waals surface area contributed by atoms with Crippen LogP contribution in [0.3, 0.4) is 0 Å². The van der Waals surface area contributed by atoms with Crippen LogP contribution >= 0.6 is 0 Å². The molecule has 0 unspecified atom stereocenters. The lowest BCUT2D eigenvalue weighted by molar-refractivity contribution is -0.162. The third kappa shape index (κ3) is 4.43. The molecule has 4 aromatic rings. The Hall–Kier alpha value is -3.90. The number of H-pyrrole nitrogens is 1. The second-order valence-electron chi connectivity index (χ2n) is 11.2. The SMILES string of the molecule is O=C1[C@H]2Cc3c([nH]c4ccccc34)[C@@H](Cc3ccccc3)N2C(=O)CN1C1CCN(Cc2ccccc2)CC1. The first kappa shape index (κ1) is 24.2. The highest BCUT2D eigenvalue weighted by Gasteiger charge is 2.49. The van der Waals surface area contributed by atoms with E-state index in [-0.39, 0.29) is 30.4 Å². The molecule has 2 atom stereocenters. The Morgan fingerprint density at radius 3 is 2.21 bits per heavy atom. The number of piperazine rings is 1. The van der Waals surface area contributed by atoms with Gasteiger partial charge in [-0.2, -0.15) is 0 Å². The molecule has 6 nitrogen and oxygen atoms in total. The molecule has 3 aliphatic rings. The fourth-order valence-corrected chi connectivity index (χ4v) is 7.00. The standard InChI is InChI=1S/C33H34N4O2/c38-31-22-36(25-15-17-35(18-16-25)21-24-11-5-2-6-12-24)33(39)30-20-27-26-13-7-8-14-28(26)34-32(27)29(37(30)31)19-23-9-3-1-4-10-23/h1-14,25,29-30,34H,15-22H2/t29-,30-/m1/s1. The molecule has 39 heavy (non-hydrogen) atoms. The molecule has 2 amide bonds. The van der Waals surface area contributed by atoms with E-state index in [1.807, 2.05) is 40.1 Å². The molecule has 1 aromatic heterocycles. The minimum absolute atomic E-state index is 0.0663. The number of piperidine rings is 1. The molecular formula is C33H34N4O2. The molecule has 3 aromatic carbocycles. The van der Waals surface area contributed by atoms with Crippen molar-refractivity contribution in [1.82, 2.24) is 19.7 Å². The number of aromatic nitrogens is 1. The Balaban J connectivity index is 1.15. The molecule has 2 saturated heterocycles. The fourth-order valence-electron chi connectivity index (χ4n) is 7.00. The Labute approximate surface area is 229 Å². The Morgan fingerprint density at radius 2 is 1.46 bits per heavy atom. The average Bonchev–Trinajstić information content (AvgIpc) is 3.35. The lowest BCUT2D eigenvalue weighted by Gasteiger charge is -2.49. The van der Waals surface area contributed by atoms with Crippen LogP contribution in [0.1, 0.15) is 41.3 Å². The van der Waals surface area contributed by atoms with E-state index in [1.54, 1.807) is 0 Å². The molecule has 0 spiro atoms. The van der Waals surface area contributed by atoms with Gasteiger partial charge in [-0.1, -0.05) is 78.9 Å². The number of carbonyl (C=O) groups is 2. The summed E-state index contributed by atoms with van der Waals surface area (Å²) in [5, 5.41) is 1.16. The van der Waals surface area contributed by atoms with Gasteiger partial charge in [0.2, 0.25) is 11.8 Å². The largest absolute Gasteiger partial charge is 0.356 e. The number of likely N-dealkylation sites (tertiary alicyclic amines) is 1. The third-order valence-corrected chi connectivity index (χ3v) is 8.93. The number of rotatable bonds is 5. The summed E-state index contributed by atoms with van der Waals surface area (Å²) in [6.07, 6.45) is 3.07. The van der Waals surface area contributed by atoms with Crippen LogP contribution in [0.4, 0.5) is 0 Å². The first-order chi connectivity index (χ1) is 19.2. The summed E-state index contributed by atoms with van der Waals surface area (Å²) < 4.78 is 0. The van der Waals surface area contributed by atoms with Gasteiger partial charge < -0.3 is 14.8 Å². The maximum absolute atomic E-state index is 14.2. The van der Waals surface area contributed by atoms with E-state index in [0.29, 0.717) is 12.8 Å². The predicted octanol–water partition coefficient (Wildman–Crippen LogP) is 4.71. The molecule has 2 fully saturated rings. The molecule has 0 bridgehead atoms. The molecule has 198 valence electrons. The zero-order valence-electron chi connectivity index (χ0n) is 22.1. The van der Waals surface area contributed by atoms with Crippen LogP contribution < -0.4 is 0 Å². The van der Waals surface area contributed by atoms with E-state index in [2.05, 4.69) is 64.5 Å². The van der Waals surface area contributed by atoms with Crippen molar-refractivity contribution in [2.45, 2.75) is 50.4 Å². The molecular weight excluding hydrogens is 484 g/mol. The second kappa shape index (κ2) is 10.0. The van der Waals surface area contributed by atoms with Crippen molar-refractivity contribution in [2.75, 3.05) is 19.6 Å². The summed E-state index contributed by atoms with van der Waals surface area (Å²) in [5.74, 6) is 0.182. The van der Waals surface area contributed by atoms with Gasteiger partial charge in [0.25, 0.3) is 0 Å². The van der Waals surface area contributed by atoms with E-state index < -0.39 is 6.04 Å². The van der Waals surface area contributed by atoms with Crippen LogP contribution in [-0.4, -0.2) is 63.2 Å². The highest BCUT2D eigenvalue weighted by Crippen LogP contribution is 2.41. The van der Waals surface area contributed by atoms with Gasteiger partial charge in [0.05, 0.1) is 6.04 Å². The van der Waals surface area contributed by atoms with Crippen molar-refractivity contribution in [3.05, 3.63) is 107 Å². The number of aromatic amines is 1. The Kier molecular flexibility index (Phi) is 6.20. The zero-order chi connectivity index (χ0) is 26.3. The molecule has 0 saturated carbocycles. The van der Waals surface area contributed by atoms with E-state index >= 15 is 0 Å². The van der Waals surface area contributed by atoms with Gasteiger partial charge in [0, 0.05) is 48.7 Å². The average molecular weight is 519 g/mol. The summed E-state index contributed by atoms with van der Waals surface area (Å²) in [6, 6.07) is 28.7. The van der Waals surface area contributed by atoms with E-state index in [1.165, 1.54) is 16.7 Å². The van der Waals surface area contributed by atoms with E-state index in [9.17, 15) is 9.59 Å². The summed E-state index contributed by atoms with van der Waals surface area (Å²) in [4.78, 5) is 37.9. The maximum atomic E-state index is 14.2. The van der Waals surface area contributed by atoms with Gasteiger partial charge in [-0.3, -0.25) is 14.5 Å². The number of nitrogens with zero attached hydrogens (tertiary/aromatic N) is 3. The smallest absolute Gasteiger partial charge is 0.246 e. The van der Waals surface area contributed by atoms with Gasteiger partial charge in [0.1, 0.15) is 12.6 Å². The van der Waals surface area contributed by atoms with Crippen LogP contribution in [0, 0.1) is 0 Å². The molecule has 0 aliphatic carbocycles. The molecule has 1 N–H and O–H groups in total. The van der Waals surface area contributed by atoms with E-state index in [4.69, 9.17) is 0 Å². The van der Waals surface area contributed by atoms with Gasteiger partial charge in [0.15, 0.2) is 0 Å². The number of nitrogens with one attached hydrogen (secondary N) is 1. The predicted molar refractivity (Wildman–Crippen MR) is 152 cm³/mol. The van der Waals surface area contributed by atoms with Crippen molar-refractivity contribution < 1.29 is 9.59 Å². The molecule has 0 radical (unpaired) electrons. The molecule has 6 heteroatoms. The van der Waals surface area contributed by atoms with Crippen LogP contribution in [0.2, 0.25) is 0 Å². The number of hydrogen-bond donors (Lipinski definition) is 1. The van der Waals surface area contributed by atoms with Crippen LogP contribution in [-0.2, 0) is 29.0 Å². The van der Waals surface area contributed by atoms with Crippen molar-refractivity contribution >= 4 is 22.7 Å². The van der Waals surface area contributed by atoms with E-state index in [0.717, 1.165) is 49.1 Å². The first-order valence-corrected chi connectivity index (χ1v) is 14.2. The number of para-hydroxylation sites is 1. The van der Waals surface area contributed by atoms with Gasteiger partial charge >= 0.3 is 0 Å². The lowest BCUT2D eigenvalue weighted by atomic mass is 9.86. The number of amides is 2. The highest BCUT2D eigenvalue weighted by molar-refractivity contribution is 5.97. The fraction of sp³-hybridized carbons (Fsp3) is 0.333. The lowest BCUT2D eigenvalue weighted by Crippen LogP contribution is -2.65. The topological polar surface area (TPSA) is 59.7 Å². The van der Waals surface area contributed by atoms with Gasteiger partial charge in [-0.25, -0.2) is 0 Å². The summed E-state index contributed by atoms with van der Waals surface area (Å²) in [5.41, 5.74) is 5.83. The van der Waals surface area contributed by atoms with Crippen LogP contribution in [0.25, 0.3) is 10.9 Å². The Bertz CT molecular complexity index is 1490. The monoisotopic (exact) mass is 518 g/mol. The van der Waals surface area contributed by atoms with Crippen molar-refractivity contribution in [2.24, 2.45) is 0 Å². The normalized spacial score (nSPS) is 22.3. The van der Waals surface area contributed by atoms with Crippen molar-refractivity contribution in [3.8, 4) is 0 Å². The number of benzene rings is 3. The second-order valence-corrected chi connectivity index (χ2v) is 11.2. The Morgan fingerprint density at radius 1 is 0.795 bits per heavy atom. The minimum Gasteiger partial charge on any atom is -0.356 e. The highest BCUT2D eigenvalue weighted by atomic mass is 16.2. The minimum atomic E-state index is -0.450.